The van der Waals surface area contributed by atoms with Gasteiger partial charge in [-0.15, -0.1) is 0 Å². The minimum Gasteiger partial charge on any atom is -0.0917 e. The molecule has 0 saturated heterocycles. The van der Waals surface area contributed by atoms with Gasteiger partial charge in [0.2, 0.25) is 0 Å². The van der Waals surface area contributed by atoms with Crippen molar-refractivity contribution >= 4 is 0 Å². The summed E-state index contributed by atoms with van der Waals surface area (Å²) in [7, 11) is 0. The van der Waals surface area contributed by atoms with Crippen molar-refractivity contribution in [2.45, 2.75) is 39.5 Å². The molecular formula is C9H17. The molecule has 0 aliphatic rings. The summed E-state index contributed by atoms with van der Waals surface area (Å²) in [5.41, 5.74) is 0. The van der Waals surface area contributed by atoms with Crippen LogP contribution < -0.4 is 0 Å². The normalized spacial score (nSPS) is 10.9. The number of rotatable bonds is 5. The molecule has 53 valence electrons. The molecule has 0 bridgehead atoms. The zero-order valence-corrected chi connectivity index (χ0v) is 6.56. The molecule has 0 aromatic heterocycles. The maximum Gasteiger partial charge on any atom is -0.0348 e. The van der Waals surface area contributed by atoms with E-state index in [1.165, 1.54) is 25.7 Å². The highest BCUT2D eigenvalue weighted by molar-refractivity contribution is 4.79. The molecule has 0 heterocycles. The van der Waals surface area contributed by atoms with E-state index >= 15 is 0 Å². The van der Waals surface area contributed by atoms with Crippen LogP contribution in [0.1, 0.15) is 39.5 Å². The Hall–Kier alpha value is -0.260. The highest BCUT2D eigenvalue weighted by atomic mass is 13.9. The SMILES string of the molecule is C/C=C/CC[CH]CCC. The zero-order valence-electron chi connectivity index (χ0n) is 6.56. The Morgan fingerprint density at radius 3 is 2.44 bits per heavy atom. The van der Waals surface area contributed by atoms with Crippen molar-refractivity contribution < 1.29 is 0 Å². The fourth-order valence-corrected chi connectivity index (χ4v) is 0.729. The summed E-state index contributed by atoms with van der Waals surface area (Å²) >= 11 is 0. The van der Waals surface area contributed by atoms with E-state index in [4.69, 9.17) is 0 Å². The zero-order chi connectivity index (χ0) is 6.95. The average Bonchev–Trinajstić information content (AvgIpc) is 1.89. The van der Waals surface area contributed by atoms with Crippen LogP contribution in [0.3, 0.4) is 0 Å². The molecule has 0 aliphatic heterocycles. The standard InChI is InChI=1S/C9H17/c1-3-5-7-9-8-6-4-2/h3,5,8H,4,6-7,9H2,1-2H3/b5-3+. The van der Waals surface area contributed by atoms with Crippen LogP contribution in [0.2, 0.25) is 0 Å². The average molecular weight is 125 g/mol. The summed E-state index contributed by atoms with van der Waals surface area (Å²) < 4.78 is 0. The molecule has 0 N–H and O–H groups in total. The fraction of sp³-hybridized carbons (Fsp3) is 0.667. The molecule has 0 aromatic rings. The van der Waals surface area contributed by atoms with Gasteiger partial charge in [0.1, 0.15) is 0 Å². The first-order chi connectivity index (χ1) is 4.41. The van der Waals surface area contributed by atoms with Crippen LogP contribution in [-0.2, 0) is 0 Å². The lowest BCUT2D eigenvalue weighted by Gasteiger charge is -1.91. The predicted octanol–water partition coefficient (Wildman–Crippen LogP) is 3.35. The summed E-state index contributed by atoms with van der Waals surface area (Å²) in [5.74, 6) is 0. The first kappa shape index (κ1) is 8.74. The Morgan fingerprint density at radius 2 is 1.89 bits per heavy atom. The second-order valence-corrected chi connectivity index (χ2v) is 2.22. The molecule has 0 unspecified atom stereocenters. The van der Waals surface area contributed by atoms with E-state index < -0.39 is 0 Å². The van der Waals surface area contributed by atoms with Gasteiger partial charge in [-0.25, -0.2) is 0 Å². The van der Waals surface area contributed by atoms with Crippen molar-refractivity contribution in [1.29, 1.82) is 0 Å². The van der Waals surface area contributed by atoms with Gasteiger partial charge in [0.15, 0.2) is 0 Å². The summed E-state index contributed by atoms with van der Waals surface area (Å²) in [6.45, 7) is 4.28. The van der Waals surface area contributed by atoms with Crippen molar-refractivity contribution in [3.8, 4) is 0 Å². The van der Waals surface area contributed by atoms with Gasteiger partial charge in [-0.3, -0.25) is 0 Å². The Morgan fingerprint density at radius 1 is 1.11 bits per heavy atom. The minimum atomic E-state index is 1.22. The fourth-order valence-electron chi connectivity index (χ4n) is 0.729. The predicted molar refractivity (Wildman–Crippen MR) is 43.3 cm³/mol. The quantitative estimate of drug-likeness (QED) is 0.390. The first-order valence-corrected chi connectivity index (χ1v) is 3.84. The van der Waals surface area contributed by atoms with E-state index in [-0.39, 0.29) is 0 Å². The lowest BCUT2D eigenvalue weighted by molar-refractivity contribution is 0.821. The van der Waals surface area contributed by atoms with Crippen LogP contribution in [0, 0.1) is 6.42 Å². The molecule has 9 heavy (non-hydrogen) atoms. The number of hydrogen-bond donors (Lipinski definition) is 0. The number of hydrogen-bond acceptors (Lipinski definition) is 0. The summed E-state index contributed by atoms with van der Waals surface area (Å²) in [4.78, 5) is 0. The molecule has 0 aromatic carbocycles. The third kappa shape index (κ3) is 7.74. The molecule has 0 rings (SSSR count). The van der Waals surface area contributed by atoms with Gasteiger partial charge in [0, 0.05) is 0 Å². The third-order valence-corrected chi connectivity index (χ3v) is 1.27. The minimum absolute atomic E-state index is 1.22. The third-order valence-electron chi connectivity index (χ3n) is 1.27. The molecule has 0 atom stereocenters. The van der Waals surface area contributed by atoms with Gasteiger partial charge in [-0.1, -0.05) is 31.9 Å². The molecule has 1 radical (unpaired) electrons. The van der Waals surface area contributed by atoms with Crippen LogP contribution in [0.5, 0.6) is 0 Å². The maximum absolute atomic E-state index is 2.36. The Bertz CT molecular complexity index is 62.4. The van der Waals surface area contributed by atoms with Crippen LogP contribution in [0.15, 0.2) is 12.2 Å². The van der Waals surface area contributed by atoms with Crippen molar-refractivity contribution in [1.82, 2.24) is 0 Å². The first-order valence-electron chi connectivity index (χ1n) is 3.84. The van der Waals surface area contributed by atoms with Crippen LogP contribution in [0.25, 0.3) is 0 Å². The van der Waals surface area contributed by atoms with Gasteiger partial charge in [0.05, 0.1) is 0 Å². The molecule has 0 nitrogen and oxygen atoms in total. The molecule has 0 saturated carbocycles. The summed E-state index contributed by atoms with van der Waals surface area (Å²) in [5, 5.41) is 0. The second kappa shape index (κ2) is 7.74. The maximum atomic E-state index is 2.36. The van der Waals surface area contributed by atoms with E-state index in [1.807, 2.05) is 0 Å². The van der Waals surface area contributed by atoms with E-state index in [9.17, 15) is 0 Å². The van der Waals surface area contributed by atoms with Crippen LogP contribution >= 0.6 is 0 Å². The van der Waals surface area contributed by atoms with Crippen molar-refractivity contribution in [3.05, 3.63) is 18.6 Å². The smallest absolute Gasteiger partial charge is 0.0348 e. The topological polar surface area (TPSA) is 0 Å². The lowest BCUT2D eigenvalue weighted by atomic mass is 10.1. The Labute approximate surface area is 59.0 Å². The van der Waals surface area contributed by atoms with Gasteiger partial charge >= 0.3 is 0 Å². The van der Waals surface area contributed by atoms with Gasteiger partial charge in [-0.2, -0.15) is 0 Å². The van der Waals surface area contributed by atoms with Crippen molar-refractivity contribution in [3.63, 3.8) is 0 Å². The van der Waals surface area contributed by atoms with E-state index in [1.54, 1.807) is 0 Å². The number of unbranched alkanes of at least 4 members (excludes halogenated alkanes) is 4. The van der Waals surface area contributed by atoms with E-state index in [0.29, 0.717) is 0 Å². The van der Waals surface area contributed by atoms with Gasteiger partial charge < -0.3 is 0 Å². The van der Waals surface area contributed by atoms with Gasteiger partial charge in [0.25, 0.3) is 0 Å². The summed E-state index contributed by atoms with van der Waals surface area (Å²) in [6.07, 6.45) is 11.7. The Balaban J connectivity index is 2.75. The van der Waals surface area contributed by atoms with E-state index in [2.05, 4.69) is 32.4 Å². The second-order valence-electron chi connectivity index (χ2n) is 2.22. The Kier molecular flexibility index (Phi) is 7.52. The highest BCUT2D eigenvalue weighted by Gasteiger charge is 1.82. The molecule has 0 aliphatic carbocycles. The lowest BCUT2D eigenvalue weighted by Crippen LogP contribution is -1.74. The largest absolute Gasteiger partial charge is 0.0917 e. The van der Waals surface area contributed by atoms with E-state index in [0.717, 1.165) is 0 Å². The molecule has 0 fully saturated rings. The molecule has 0 spiro atoms. The highest BCUT2D eigenvalue weighted by Crippen LogP contribution is 2.00. The number of allylic oxidation sites excluding steroid dienone is 2. The monoisotopic (exact) mass is 125 g/mol. The van der Waals surface area contributed by atoms with Gasteiger partial charge in [-0.05, 0) is 26.2 Å². The van der Waals surface area contributed by atoms with Crippen LogP contribution in [0.4, 0.5) is 0 Å². The molecular weight excluding hydrogens is 108 g/mol. The van der Waals surface area contributed by atoms with Crippen LogP contribution in [-0.4, -0.2) is 0 Å². The summed E-state index contributed by atoms with van der Waals surface area (Å²) in [6, 6.07) is 0. The molecule has 0 amide bonds. The van der Waals surface area contributed by atoms with Crippen molar-refractivity contribution in [2.75, 3.05) is 0 Å². The van der Waals surface area contributed by atoms with Crippen molar-refractivity contribution in [2.24, 2.45) is 0 Å². The molecule has 0 heteroatoms.